The number of aromatic nitrogens is 2. The molecule has 4 aromatic rings. The first-order valence-electron chi connectivity index (χ1n) is 9.62. The molecule has 160 valence electrons. The second-order valence-corrected chi connectivity index (χ2v) is 10.1. The highest BCUT2D eigenvalue weighted by atomic mass is 32.2. The molecule has 4 rings (SSSR count). The van der Waals surface area contributed by atoms with Gasteiger partial charge in [0.15, 0.2) is 0 Å². The van der Waals surface area contributed by atoms with Crippen LogP contribution in [0.5, 0.6) is 0 Å². The summed E-state index contributed by atoms with van der Waals surface area (Å²) in [6, 6.07) is 13.9. The Morgan fingerprint density at radius 1 is 1.03 bits per heavy atom. The van der Waals surface area contributed by atoms with E-state index in [-0.39, 0.29) is 23.1 Å². The summed E-state index contributed by atoms with van der Waals surface area (Å²) in [4.78, 5) is 9.08. The summed E-state index contributed by atoms with van der Waals surface area (Å²) in [6.07, 6.45) is 0. The number of para-hydroxylation sites is 1. The van der Waals surface area contributed by atoms with Crippen LogP contribution in [0.15, 0.2) is 58.1 Å². The fourth-order valence-corrected chi connectivity index (χ4v) is 5.41. The number of hydrogen-bond acceptors (Lipinski definition) is 6. The Labute approximate surface area is 184 Å². The molecule has 2 aromatic carbocycles. The summed E-state index contributed by atoms with van der Waals surface area (Å²) in [5.74, 6) is 0.552. The molecule has 0 amide bonds. The standard InChI is InChI=1S/C22H21FN4O2S2/c1-14-10-20(30-13-14)31(28,29)25-12-19-26-21-15(2)6-5-8-17(21)22(27-19)24-11-16-7-3-4-9-18(16)23/h3-10,13,25H,11-12H2,1-2H3,(H,24,26,27). The lowest BCUT2D eigenvalue weighted by atomic mass is 10.1. The summed E-state index contributed by atoms with van der Waals surface area (Å²) >= 11 is 1.17. The zero-order chi connectivity index (χ0) is 22.0. The molecule has 0 atom stereocenters. The fourth-order valence-electron chi connectivity index (χ4n) is 3.15. The number of hydrogen-bond donors (Lipinski definition) is 2. The average molecular weight is 457 g/mol. The van der Waals surface area contributed by atoms with E-state index in [0.29, 0.717) is 17.2 Å². The van der Waals surface area contributed by atoms with Gasteiger partial charge in [-0.05, 0) is 48.6 Å². The van der Waals surface area contributed by atoms with Crippen LogP contribution in [0.1, 0.15) is 22.5 Å². The summed E-state index contributed by atoms with van der Waals surface area (Å²) in [5.41, 5.74) is 3.06. The minimum absolute atomic E-state index is 0.0576. The molecule has 2 aromatic heterocycles. The third-order valence-electron chi connectivity index (χ3n) is 4.77. The third-order valence-corrected chi connectivity index (χ3v) is 7.73. The number of benzene rings is 2. The average Bonchev–Trinajstić information content (AvgIpc) is 3.19. The molecule has 0 aliphatic heterocycles. The van der Waals surface area contributed by atoms with Crippen LogP contribution in [0.3, 0.4) is 0 Å². The van der Waals surface area contributed by atoms with Crippen molar-refractivity contribution in [3.8, 4) is 0 Å². The number of halogens is 1. The van der Waals surface area contributed by atoms with Crippen molar-refractivity contribution >= 4 is 38.1 Å². The van der Waals surface area contributed by atoms with Crippen LogP contribution >= 0.6 is 11.3 Å². The Hall–Kier alpha value is -2.88. The Morgan fingerprint density at radius 3 is 2.58 bits per heavy atom. The van der Waals surface area contributed by atoms with E-state index in [1.54, 1.807) is 29.6 Å². The molecular formula is C22H21FN4O2S2. The molecule has 0 saturated carbocycles. The van der Waals surface area contributed by atoms with E-state index in [0.717, 1.165) is 22.0 Å². The molecule has 0 saturated heterocycles. The molecule has 0 radical (unpaired) electrons. The second kappa shape index (κ2) is 8.70. The van der Waals surface area contributed by atoms with Gasteiger partial charge in [-0.2, -0.15) is 0 Å². The zero-order valence-corrected chi connectivity index (χ0v) is 18.6. The van der Waals surface area contributed by atoms with Gasteiger partial charge in [-0.1, -0.05) is 30.3 Å². The van der Waals surface area contributed by atoms with Crippen LogP contribution in [-0.4, -0.2) is 18.4 Å². The number of fused-ring (bicyclic) bond motifs is 1. The van der Waals surface area contributed by atoms with Crippen LogP contribution in [-0.2, 0) is 23.1 Å². The van der Waals surface area contributed by atoms with E-state index >= 15 is 0 Å². The summed E-state index contributed by atoms with van der Waals surface area (Å²) in [5, 5.41) is 5.75. The molecule has 2 heterocycles. The fraction of sp³-hybridized carbons (Fsp3) is 0.182. The molecule has 2 N–H and O–H groups in total. The van der Waals surface area contributed by atoms with Crippen molar-refractivity contribution < 1.29 is 12.8 Å². The number of nitrogens with zero attached hydrogens (tertiary/aromatic N) is 2. The Kier molecular flexibility index (Phi) is 5.99. The lowest BCUT2D eigenvalue weighted by molar-refractivity contribution is 0.581. The first kappa shape index (κ1) is 21.4. The van der Waals surface area contributed by atoms with Crippen LogP contribution in [0, 0.1) is 19.7 Å². The van der Waals surface area contributed by atoms with E-state index in [4.69, 9.17) is 0 Å². The summed E-state index contributed by atoms with van der Waals surface area (Å²) in [7, 11) is -3.66. The molecule has 0 aliphatic rings. The van der Waals surface area contributed by atoms with Crippen molar-refractivity contribution in [1.82, 2.24) is 14.7 Å². The Morgan fingerprint density at radius 2 is 1.84 bits per heavy atom. The predicted octanol–water partition coefficient (Wildman–Crippen LogP) is 4.54. The molecule has 9 heteroatoms. The van der Waals surface area contributed by atoms with Crippen molar-refractivity contribution in [2.45, 2.75) is 31.1 Å². The van der Waals surface area contributed by atoms with Gasteiger partial charge in [0.25, 0.3) is 0 Å². The number of rotatable bonds is 7. The van der Waals surface area contributed by atoms with Crippen LogP contribution in [0.25, 0.3) is 10.9 Å². The highest BCUT2D eigenvalue weighted by Gasteiger charge is 2.17. The first-order valence-corrected chi connectivity index (χ1v) is 12.0. The minimum Gasteiger partial charge on any atom is -0.365 e. The van der Waals surface area contributed by atoms with Crippen molar-refractivity contribution in [2.75, 3.05) is 5.32 Å². The van der Waals surface area contributed by atoms with E-state index in [1.165, 1.54) is 17.4 Å². The number of thiophene rings is 1. The topological polar surface area (TPSA) is 84.0 Å². The Balaban J connectivity index is 1.63. The van der Waals surface area contributed by atoms with Crippen molar-refractivity contribution in [2.24, 2.45) is 0 Å². The van der Waals surface area contributed by atoms with Crippen LogP contribution in [0.4, 0.5) is 10.2 Å². The van der Waals surface area contributed by atoms with Gasteiger partial charge >= 0.3 is 0 Å². The lowest BCUT2D eigenvalue weighted by Gasteiger charge is -2.13. The van der Waals surface area contributed by atoms with Gasteiger partial charge in [-0.3, -0.25) is 0 Å². The van der Waals surface area contributed by atoms with Gasteiger partial charge in [0.1, 0.15) is 21.7 Å². The summed E-state index contributed by atoms with van der Waals surface area (Å²) < 4.78 is 42.0. The van der Waals surface area contributed by atoms with Crippen LogP contribution < -0.4 is 10.0 Å². The molecule has 0 aliphatic carbocycles. The number of nitrogens with one attached hydrogen (secondary N) is 2. The number of sulfonamides is 1. The molecule has 6 nitrogen and oxygen atoms in total. The van der Waals surface area contributed by atoms with Crippen molar-refractivity contribution in [1.29, 1.82) is 0 Å². The van der Waals surface area contributed by atoms with Crippen molar-refractivity contribution in [3.63, 3.8) is 0 Å². The summed E-state index contributed by atoms with van der Waals surface area (Å²) in [6.45, 7) is 3.96. The van der Waals surface area contributed by atoms with Gasteiger partial charge in [0, 0.05) is 17.5 Å². The first-order chi connectivity index (χ1) is 14.8. The third kappa shape index (κ3) is 4.73. The second-order valence-electron chi connectivity index (χ2n) is 7.17. The normalized spacial score (nSPS) is 11.7. The van der Waals surface area contributed by atoms with E-state index in [9.17, 15) is 12.8 Å². The monoisotopic (exact) mass is 456 g/mol. The molecule has 0 unspecified atom stereocenters. The van der Waals surface area contributed by atoms with Gasteiger partial charge < -0.3 is 5.32 Å². The maximum Gasteiger partial charge on any atom is 0.250 e. The maximum atomic E-state index is 14.0. The van der Waals surface area contributed by atoms with Crippen molar-refractivity contribution in [3.05, 3.63) is 82.2 Å². The van der Waals surface area contributed by atoms with Gasteiger partial charge in [-0.25, -0.2) is 27.5 Å². The van der Waals surface area contributed by atoms with E-state index in [1.807, 2.05) is 32.0 Å². The van der Waals surface area contributed by atoms with E-state index in [2.05, 4.69) is 20.0 Å². The Bertz CT molecular complexity index is 1350. The van der Waals surface area contributed by atoms with Crippen LogP contribution in [0.2, 0.25) is 0 Å². The molecule has 0 bridgehead atoms. The predicted molar refractivity (Wildman–Crippen MR) is 121 cm³/mol. The number of anilines is 1. The maximum absolute atomic E-state index is 14.0. The lowest BCUT2D eigenvalue weighted by Crippen LogP contribution is -2.24. The van der Waals surface area contributed by atoms with E-state index < -0.39 is 10.0 Å². The molecule has 0 fully saturated rings. The van der Waals surface area contributed by atoms with Gasteiger partial charge in [-0.15, -0.1) is 11.3 Å². The van der Waals surface area contributed by atoms with Gasteiger partial charge in [0.2, 0.25) is 10.0 Å². The molecule has 0 spiro atoms. The smallest absolute Gasteiger partial charge is 0.250 e. The number of aryl methyl sites for hydroxylation is 2. The molecular weight excluding hydrogens is 435 g/mol. The quantitative estimate of drug-likeness (QED) is 0.427. The zero-order valence-electron chi connectivity index (χ0n) is 17.0. The SMILES string of the molecule is Cc1csc(S(=O)(=O)NCc2nc(NCc3ccccc3F)c3cccc(C)c3n2)c1. The highest BCUT2D eigenvalue weighted by Crippen LogP contribution is 2.24. The highest BCUT2D eigenvalue weighted by molar-refractivity contribution is 7.91. The molecule has 31 heavy (non-hydrogen) atoms. The largest absolute Gasteiger partial charge is 0.365 e. The minimum atomic E-state index is -3.66. The van der Waals surface area contributed by atoms with Gasteiger partial charge in [0.05, 0.1) is 12.1 Å².